The van der Waals surface area contributed by atoms with Crippen molar-refractivity contribution in [2.24, 2.45) is 0 Å². The average Bonchev–Trinajstić information content (AvgIpc) is 1.80. The van der Waals surface area contributed by atoms with Gasteiger partial charge in [-0.2, -0.15) is 14.0 Å². The first-order valence-electron chi connectivity index (χ1n) is 2.74. The minimum Gasteiger partial charge on any atom is -0.544 e. The number of halogens is 1. The maximum Gasteiger partial charge on any atom is 1.00 e. The molecule has 0 aromatic heterocycles. The van der Waals surface area contributed by atoms with Crippen molar-refractivity contribution in [2.45, 2.75) is 13.0 Å². The van der Waals surface area contributed by atoms with Crippen molar-refractivity contribution >= 4 is 6.16 Å². The van der Waals surface area contributed by atoms with Crippen LogP contribution in [0.25, 0.3) is 0 Å². The molecule has 0 spiro atoms. The Morgan fingerprint density at radius 1 is 1.46 bits per heavy atom. The molecule has 9 heteroatoms. The van der Waals surface area contributed by atoms with E-state index in [1.807, 2.05) is 0 Å². The van der Waals surface area contributed by atoms with Crippen LogP contribution in [0.1, 0.15) is 6.92 Å². The zero-order valence-electron chi connectivity index (χ0n) is 7.02. The molecule has 0 aromatic carbocycles. The first kappa shape index (κ1) is 15.5. The van der Waals surface area contributed by atoms with Crippen LogP contribution in [0.2, 0.25) is 0 Å². The Kier molecular flexibility index (Phi) is 7.68. The van der Waals surface area contributed by atoms with Crippen LogP contribution in [0.5, 0.6) is 0 Å². The van der Waals surface area contributed by atoms with E-state index in [-0.39, 0.29) is 18.9 Å². The van der Waals surface area contributed by atoms with Gasteiger partial charge in [-0.3, -0.25) is 0 Å². The number of ether oxygens (including phenoxy) is 1. The van der Waals surface area contributed by atoms with E-state index in [4.69, 9.17) is 0 Å². The van der Waals surface area contributed by atoms with Gasteiger partial charge in [0, 0.05) is 0 Å². The van der Waals surface area contributed by atoms with E-state index in [0.717, 1.165) is 0 Å². The van der Waals surface area contributed by atoms with Crippen molar-refractivity contribution in [3.05, 3.63) is 0 Å². The maximum absolute atomic E-state index is 9.80. The molecule has 0 aliphatic carbocycles. The summed E-state index contributed by atoms with van der Waals surface area (Å²) in [5.41, 5.74) is 0. The second kappa shape index (κ2) is 6.45. The number of hydrogen-bond acceptors (Lipinski definition) is 7. The number of carboxylic acid groups (broad SMARTS) is 1. The molecule has 0 aromatic rings. The first-order valence-corrected chi connectivity index (χ1v) is 3.97. The van der Waals surface area contributed by atoms with Gasteiger partial charge in [-0.05, 0) is 6.92 Å². The fraction of sp³-hybridized carbons (Fsp3) is 0.750. The molecule has 0 aliphatic rings. The van der Waals surface area contributed by atoms with Gasteiger partial charge < -0.3 is 14.6 Å². The molecule has 13 heavy (non-hydrogen) atoms. The maximum atomic E-state index is 9.80. The normalized spacial score (nSPS) is 12.9. The molecular weight excluding hydrogens is 202 g/mol. The van der Waals surface area contributed by atoms with Crippen molar-refractivity contribution in [1.82, 2.24) is 0 Å². The standard InChI is InChI=1S/C4H7ClO7.Li/c1-3(12-4(6)7)2-11-5(8,9)10;/h3H,2H2,1H3,(H,6,7);/q;+1/p-1. The summed E-state index contributed by atoms with van der Waals surface area (Å²) >= 11 is 0. The summed E-state index contributed by atoms with van der Waals surface area (Å²) in [7, 11) is -4.54. The third kappa shape index (κ3) is 12.0. The average molecular weight is 208 g/mol. The summed E-state index contributed by atoms with van der Waals surface area (Å²) in [6.07, 6.45) is -2.88. The minimum atomic E-state index is -4.54. The predicted molar refractivity (Wildman–Crippen MR) is 21.9 cm³/mol. The quantitative estimate of drug-likeness (QED) is 0.331. The molecule has 0 amide bonds. The van der Waals surface area contributed by atoms with E-state index in [2.05, 4.69) is 9.03 Å². The summed E-state index contributed by atoms with van der Waals surface area (Å²) < 4.78 is 37.0. The van der Waals surface area contributed by atoms with Gasteiger partial charge in [0.15, 0.2) is 0 Å². The van der Waals surface area contributed by atoms with Gasteiger partial charge in [0.05, 0.1) is 20.6 Å². The molecule has 0 radical (unpaired) electrons. The monoisotopic (exact) mass is 208 g/mol. The van der Waals surface area contributed by atoms with E-state index in [1.54, 1.807) is 0 Å². The Balaban J connectivity index is 0. The van der Waals surface area contributed by atoms with Crippen LogP contribution < -0.4 is 37.9 Å². The second-order valence-electron chi connectivity index (χ2n) is 1.83. The summed E-state index contributed by atoms with van der Waals surface area (Å²) in [6.45, 7) is 0.540. The molecule has 0 rings (SSSR count). The number of rotatable bonds is 4. The summed E-state index contributed by atoms with van der Waals surface area (Å²) in [5, 5.41) is 9.72. The summed E-state index contributed by atoms with van der Waals surface area (Å²) in [5.74, 6) is 0. The smallest absolute Gasteiger partial charge is 0.544 e. The van der Waals surface area contributed by atoms with Gasteiger partial charge >= 0.3 is 18.9 Å². The predicted octanol–water partition coefficient (Wildman–Crippen LogP) is -7.35. The number of carbonyl (C=O) groups is 1. The Morgan fingerprint density at radius 2 is 1.92 bits per heavy atom. The fourth-order valence-corrected chi connectivity index (χ4v) is 0.696. The molecule has 7 nitrogen and oxygen atoms in total. The molecule has 0 heterocycles. The minimum absolute atomic E-state index is 0. The third-order valence-electron chi connectivity index (χ3n) is 0.729. The van der Waals surface area contributed by atoms with Gasteiger partial charge in [-0.1, -0.05) is 0 Å². The van der Waals surface area contributed by atoms with Crippen LogP contribution in [-0.2, 0) is 9.03 Å². The Labute approximate surface area is 88.2 Å². The SMILES string of the molecule is CC(CO[Cl+3]([O-])([O-])[O-])OC(=O)[O-].[Li+]. The number of carbonyl (C=O) groups excluding carboxylic acids is 1. The van der Waals surface area contributed by atoms with Crippen molar-refractivity contribution < 1.29 is 62.0 Å². The van der Waals surface area contributed by atoms with E-state index in [1.165, 1.54) is 6.92 Å². The summed E-state index contributed by atoms with van der Waals surface area (Å²) in [6, 6.07) is 0. The summed E-state index contributed by atoms with van der Waals surface area (Å²) in [4.78, 5) is 9.72. The Bertz CT molecular complexity index is 157. The second-order valence-corrected chi connectivity index (χ2v) is 2.81. The molecule has 1 unspecified atom stereocenters. The van der Waals surface area contributed by atoms with E-state index >= 15 is 0 Å². The molecular formula is C4H6ClLiO7. The van der Waals surface area contributed by atoms with Crippen LogP contribution in [0.4, 0.5) is 4.79 Å². The molecule has 0 N–H and O–H groups in total. The molecule has 0 fully saturated rings. The third-order valence-corrected chi connectivity index (χ3v) is 1.12. The van der Waals surface area contributed by atoms with Gasteiger partial charge in [-0.15, -0.1) is 0 Å². The van der Waals surface area contributed by atoms with Crippen molar-refractivity contribution in [3.63, 3.8) is 0 Å². The molecule has 72 valence electrons. The molecule has 1 atom stereocenters. The van der Waals surface area contributed by atoms with Crippen LogP contribution in [0.15, 0.2) is 0 Å². The van der Waals surface area contributed by atoms with Crippen LogP contribution in [0.3, 0.4) is 0 Å². The van der Waals surface area contributed by atoms with Crippen LogP contribution in [-0.4, -0.2) is 18.9 Å². The van der Waals surface area contributed by atoms with Crippen molar-refractivity contribution in [3.8, 4) is 0 Å². The van der Waals surface area contributed by atoms with Gasteiger partial charge in [0.2, 0.25) is 6.61 Å². The van der Waals surface area contributed by atoms with Crippen molar-refractivity contribution in [1.29, 1.82) is 0 Å². The van der Waals surface area contributed by atoms with E-state index < -0.39 is 29.1 Å². The molecule has 0 aliphatic heterocycles. The Hall–Kier alpha value is -0.00260. The van der Waals surface area contributed by atoms with Gasteiger partial charge in [0.25, 0.3) is 6.16 Å². The number of hydrogen-bond donors (Lipinski definition) is 0. The van der Waals surface area contributed by atoms with E-state index in [0.29, 0.717) is 0 Å². The largest absolute Gasteiger partial charge is 1.00 e. The van der Waals surface area contributed by atoms with Crippen molar-refractivity contribution in [2.75, 3.05) is 6.61 Å². The topological polar surface area (TPSA) is 128 Å². The Morgan fingerprint density at radius 3 is 2.23 bits per heavy atom. The fourth-order valence-electron chi connectivity index (χ4n) is 0.364. The van der Waals surface area contributed by atoms with Gasteiger partial charge in [0.1, 0.15) is 0 Å². The molecule has 0 saturated carbocycles. The first-order chi connectivity index (χ1) is 5.31. The zero-order valence-corrected chi connectivity index (χ0v) is 7.78. The molecule has 0 bridgehead atoms. The van der Waals surface area contributed by atoms with Gasteiger partial charge in [-0.25, -0.2) is 0 Å². The van der Waals surface area contributed by atoms with Crippen LogP contribution in [0, 0.1) is 10.2 Å². The molecule has 0 saturated heterocycles. The van der Waals surface area contributed by atoms with E-state index in [9.17, 15) is 23.9 Å². The van der Waals surface area contributed by atoms with Crippen LogP contribution >= 0.6 is 0 Å². The zero-order chi connectivity index (χ0) is 9.78.